The second-order valence-corrected chi connectivity index (χ2v) is 6.27. The highest BCUT2D eigenvalue weighted by Crippen LogP contribution is 2.23. The van der Waals surface area contributed by atoms with E-state index >= 15 is 0 Å². The summed E-state index contributed by atoms with van der Waals surface area (Å²) in [6.07, 6.45) is 5.91. The summed E-state index contributed by atoms with van der Waals surface area (Å²) >= 11 is 0. The minimum absolute atomic E-state index is 0.361. The highest BCUT2D eigenvalue weighted by Gasteiger charge is 2.11. The average molecular weight is 324 g/mol. The molecule has 0 bridgehead atoms. The van der Waals surface area contributed by atoms with Gasteiger partial charge in [-0.3, -0.25) is 4.68 Å². The Labute approximate surface area is 142 Å². The molecule has 0 radical (unpaired) electrons. The zero-order valence-corrected chi connectivity index (χ0v) is 14.7. The normalized spacial score (nSPS) is 12.7. The largest absolute Gasteiger partial charge is 0.303 e. The number of benzene rings is 1. The van der Waals surface area contributed by atoms with Crippen molar-refractivity contribution >= 4 is 0 Å². The van der Waals surface area contributed by atoms with E-state index < -0.39 is 0 Å². The Morgan fingerprint density at radius 1 is 1.17 bits per heavy atom. The van der Waals surface area contributed by atoms with Crippen LogP contribution in [0.2, 0.25) is 0 Å². The molecule has 24 heavy (non-hydrogen) atoms. The van der Waals surface area contributed by atoms with E-state index in [4.69, 9.17) is 0 Å². The lowest BCUT2D eigenvalue weighted by molar-refractivity contribution is 0.321. The maximum atomic E-state index is 4.33. The summed E-state index contributed by atoms with van der Waals surface area (Å²) in [5.74, 6) is 0. The Morgan fingerprint density at radius 3 is 2.71 bits per heavy atom. The number of hydrogen-bond donors (Lipinski definition) is 0. The van der Waals surface area contributed by atoms with Gasteiger partial charge in [0.25, 0.3) is 0 Å². The standard InChI is InChI=1S/C18H24N6/c1-5-23-11-15(10-19-23)12-24-13-18(20-21-24)17-8-6-7-16(9-17)14(2)22(3)4/h6-11,13-14H,5,12H2,1-4H3/t14-/m0/s1. The van der Waals surface area contributed by atoms with Crippen molar-refractivity contribution < 1.29 is 0 Å². The van der Waals surface area contributed by atoms with Gasteiger partial charge in [0.05, 0.1) is 18.9 Å². The topological polar surface area (TPSA) is 51.8 Å². The van der Waals surface area contributed by atoms with Crippen LogP contribution in [0, 0.1) is 0 Å². The van der Waals surface area contributed by atoms with E-state index in [9.17, 15) is 0 Å². The van der Waals surface area contributed by atoms with Gasteiger partial charge in [0.2, 0.25) is 0 Å². The molecule has 3 aromatic rings. The molecule has 6 nitrogen and oxygen atoms in total. The Kier molecular flexibility index (Phi) is 4.76. The van der Waals surface area contributed by atoms with Crippen molar-refractivity contribution in [2.24, 2.45) is 0 Å². The number of hydrogen-bond acceptors (Lipinski definition) is 4. The lowest BCUT2D eigenvalue weighted by Crippen LogP contribution is -2.16. The summed E-state index contributed by atoms with van der Waals surface area (Å²) in [6, 6.07) is 8.86. The van der Waals surface area contributed by atoms with Gasteiger partial charge in [-0.1, -0.05) is 23.4 Å². The van der Waals surface area contributed by atoms with Crippen LogP contribution < -0.4 is 0 Å². The lowest BCUT2D eigenvalue weighted by Gasteiger charge is -2.20. The van der Waals surface area contributed by atoms with Gasteiger partial charge in [-0.05, 0) is 39.6 Å². The Morgan fingerprint density at radius 2 is 2.00 bits per heavy atom. The van der Waals surface area contributed by atoms with Gasteiger partial charge < -0.3 is 4.90 Å². The Bertz CT molecular complexity index is 801. The first-order valence-corrected chi connectivity index (χ1v) is 8.25. The van der Waals surface area contributed by atoms with Gasteiger partial charge in [-0.25, -0.2) is 4.68 Å². The van der Waals surface area contributed by atoms with Crippen molar-refractivity contribution in [3.8, 4) is 11.3 Å². The van der Waals surface area contributed by atoms with Crippen molar-refractivity contribution in [2.75, 3.05) is 14.1 Å². The van der Waals surface area contributed by atoms with Crippen molar-refractivity contribution in [3.63, 3.8) is 0 Å². The van der Waals surface area contributed by atoms with Crippen LogP contribution in [0.25, 0.3) is 11.3 Å². The van der Waals surface area contributed by atoms with E-state index in [1.807, 2.05) is 28.0 Å². The molecular weight excluding hydrogens is 300 g/mol. The third kappa shape index (κ3) is 3.54. The van der Waals surface area contributed by atoms with Crippen LogP contribution in [0.15, 0.2) is 42.9 Å². The maximum Gasteiger partial charge on any atom is 0.113 e. The summed E-state index contributed by atoms with van der Waals surface area (Å²) in [5, 5.41) is 12.9. The van der Waals surface area contributed by atoms with E-state index in [0.29, 0.717) is 12.6 Å². The molecule has 0 aliphatic carbocycles. The van der Waals surface area contributed by atoms with Gasteiger partial charge >= 0.3 is 0 Å². The Balaban J connectivity index is 1.79. The second kappa shape index (κ2) is 6.97. The number of rotatable bonds is 6. The molecule has 0 aliphatic heterocycles. The number of aromatic nitrogens is 5. The van der Waals surface area contributed by atoms with E-state index in [0.717, 1.165) is 23.4 Å². The van der Waals surface area contributed by atoms with Crippen molar-refractivity contribution in [2.45, 2.75) is 33.0 Å². The molecule has 0 aliphatic rings. The molecule has 0 fully saturated rings. The maximum absolute atomic E-state index is 4.33. The minimum Gasteiger partial charge on any atom is -0.303 e. The van der Waals surface area contributed by atoms with Gasteiger partial charge in [0, 0.05) is 29.9 Å². The fraction of sp³-hybridized carbons (Fsp3) is 0.389. The van der Waals surface area contributed by atoms with E-state index in [2.05, 4.69) is 72.5 Å². The van der Waals surface area contributed by atoms with E-state index in [-0.39, 0.29) is 0 Å². The zero-order valence-electron chi connectivity index (χ0n) is 14.7. The third-order valence-electron chi connectivity index (χ3n) is 4.33. The molecule has 3 rings (SSSR count). The highest BCUT2D eigenvalue weighted by atomic mass is 15.4. The SMILES string of the molecule is CCn1cc(Cn2cc(-c3cccc([C@H](C)N(C)C)c3)nn2)cn1. The van der Waals surface area contributed by atoms with Crippen molar-refractivity contribution in [1.82, 2.24) is 29.7 Å². The minimum atomic E-state index is 0.361. The average Bonchev–Trinajstić information content (AvgIpc) is 3.24. The molecule has 126 valence electrons. The molecule has 2 heterocycles. The van der Waals surface area contributed by atoms with Gasteiger partial charge in [0.1, 0.15) is 5.69 Å². The highest BCUT2D eigenvalue weighted by molar-refractivity contribution is 5.58. The van der Waals surface area contributed by atoms with Crippen LogP contribution in [-0.2, 0) is 13.1 Å². The molecule has 1 atom stereocenters. The zero-order chi connectivity index (χ0) is 17.1. The van der Waals surface area contributed by atoms with Crippen LogP contribution in [-0.4, -0.2) is 43.8 Å². The molecule has 6 heteroatoms. The molecule has 1 aromatic carbocycles. The summed E-state index contributed by atoms with van der Waals surface area (Å²) in [6.45, 7) is 5.83. The van der Waals surface area contributed by atoms with Gasteiger partial charge in [0.15, 0.2) is 0 Å². The van der Waals surface area contributed by atoms with Crippen LogP contribution >= 0.6 is 0 Å². The monoisotopic (exact) mass is 324 g/mol. The predicted octanol–water partition coefficient (Wildman–Crippen LogP) is 2.83. The fourth-order valence-corrected chi connectivity index (χ4v) is 2.61. The van der Waals surface area contributed by atoms with Crippen LogP contribution in [0.5, 0.6) is 0 Å². The molecule has 0 amide bonds. The summed E-state index contributed by atoms with van der Waals surface area (Å²) in [4.78, 5) is 2.20. The quantitative estimate of drug-likeness (QED) is 0.699. The summed E-state index contributed by atoms with van der Waals surface area (Å²) < 4.78 is 3.77. The van der Waals surface area contributed by atoms with Crippen molar-refractivity contribution in [1.29, 1.82) is 0 Å². The molecule has 0 N–H and O–H groups in total. The lowest BCUT2D eigenvalue weighted by atomic mass is 10.0. The van der Waals surface area contributed by atoms with Crippen molar-refractivity contribution in [3.05, 3.63) is 54.0 Å². The first kappa shape index (κ1) is 16.4. The second-order valence-electron chi connectivity index (χ2n) is 6.27. The molecule has 0 saturated heterocycles. The predicted molar refractivity (Wildman–Crippen MR) is 94.6 cm³/mol. The summed E-state index contributed by atoms with van der Waals surface area (Å²) in [5.41, 5.74) is 4.39. The smallest absolute Gasteiger partial charge is 0.113 e. The van der Waals surface area contributed by atoms with Crippen LogP contribution in [0.3, 0.4) is 0 Å². The van der Waals surface area contributed by atoms with Gasteiger partial charge in [-0.15, -0.1) is 5.10 Å². The summed E-state index contributed by atoms with van der Waals surface area (Å²) in [7, 11) is 4.17. The van der Waals surface area contributed by atoms with E-state index in [1.54, 1.807) is 0 Å². The molecule has 0 spiro atoms. The van der Waals surface area contributed by atoms with Crippen LogP contribution in [0.4, 0.5) is 0 Å². The first-order valence-electron chi connectivity index (χ1n) is 8.25. The fourth-order valence-electron chi connectivity index (χ4n) is 2.61. The number of aryl methyl sites for hydroxylation is 1. The first-order chi connectivity index (χ1) is 11.6. The molecule has 0 saturated carbocycles. The third-order valence-corrected chi connectivity index (χ3v) is 4.33. The molecule has 0 unspecified atom stereocenters. The molecule has 2 aromatic heterocycles. The van der Waals surface area contributed by atoms with Crippen LogP contribution in [0.1, 0.15) is 31.0 Å². The molecular formula is C18H24N6. The Hall–Kier alpha value is -2.47. The van der Waals surface area contributed by atoms with E-state index in [1.165, 1.54) is 5.56 Å². The number of nitrogens with zero attached hydrogens (tertiary/aromatic N) is 6. The van der Waals surface area contributed by atoms with Gasteiger partial charge in [-0.2, -0.15) is 5.10 Å².